The summed E-state index contributed by atoms with van der Waals surface area (Å²) < 4.78 is 0. The molecule has 0 aromatic carbocycles. The van der Waals surface area contributed by atoms with E-state index in [1.54, 1.807) is 25.3 Å². The Morgan fingerprint density at radius 2 is 2.00 bits per heavy atom. The van der Waals surface area contributed by atoms with Gasteiger partial charge in [-0.1, -0.05) is 6.08 Å². The van der Waals surface area contributed by atoms with Gasteiger partial charge in [-0.3, -0.25) is 4.79 Å². The van der Waals surface area contributed by atoms with Gasteiger partial charge in [0.05, 0.1) is 0 Å². The van der Waals surface area contributed by atoms with E-state index in [0.717, 1.165) is 5.92 Å². The lowest BCUT2D eigenvalue weighted by atomic mass is 10.3. The van der Waals surface area contributed by atoms with Crippen molar-refractivity contribution in [3.05, 3.63) is 24.4 Å². The second-order valence-corrected chi connectivity index (χ2v) is 3.39. The molecule has 1 aliphatic rings. The summed E-state index contributed by atoms with van der Waals surface area (Å²) in [5.74, 6) is 1.17. The molecule has 0 aliphatic heterocycles. The van der Waals surface area contributed by atoms with E-state index in [0.29, 0.717) is 11.5 Å². The van der Waals surface area contributed by atoms with Crippen LogP contribution in [0.5, 0.6) is 0 Å². The van der Waals surface area contributed by atoms with Gasteiger partial charge in [-0.25, -0.2) is 4.99 Å². The van der Waals surface area contributed by atoms with Gasteiger partial charge in [0.2, 0.25) is 6.41 Å². The molecule has 0 heterocycles. The van der Waals surface area contributed by atoms with Crippen molar-refractivity contribution in [2.24, 2.45) is 22.4 Å². The molecule has 1 fully saturated rings. The molecule has 5 heteroatoms. The van der Waals surface area contributed by atoms with Crippen LogP contribution >= 0.6 is 0 Å². The van der Waals surface area contributed by atoms with Crippen LogP contribution < -0.4 is 11.5 Å². The van der Waals surface area contributed by atoms with Crippen molar-refractivity contribution in [1.82, 2.24) is 0 Å². The molecule has 0 saturated heterocycles. The van der Waals surface area contributed by atoms with Crippen LogP contribution in [0.25, 0.3) is 0 Å². The average molecular weight is 222 g/mol. The van der Waals surface area contributed by atoms with Crippen molar-refractivity contribution in [2.45, 2.75) is 19.8 Å². The highest BCUT2D eigenvalue weighted by Crippen LogP contribution is 2.29. The number of nitrogens with two attached hydrogens (primary N) is 2. The molecule has 5 nitrogen and oxygen atoms in total. The molecular weight excluding hydrogens is 204 g/mol. The van der Waals surface area contributed by atoms with Crippen LogP contribution in [-0.2, 0) is 4.79 Å². The molecule has 0 aromatic rings. The number of nitrogens with one attached hydrogen (secondary N) is 1. The van der Waals surface area contributed by atoms with Gasteiger partial charge in [0.25, 0.3) is 0 Å². The maximum Gasteiger partial charge on any atom is 0.204 e. The Balaban J connectivity index is 0.000000673. The van der Waals surface area contributed by atoms with Gasteiger partial charge in [0, 0.05) is 11.9 Å². The number of hydrogen-bond donors (Lipinski definition) is 3. The Morgan fingerprint density at radius 1 is 1.44 bits per heavy atom. The minimum Gasteiger partial charge on any atom is -0.384 e. The van der Waals surface area contributed by atoms with E-state index in [1.807, 2.05) is 0 Å². The van der Waals surface area contributed by atoms with E-state index in [9.17, 15) is 0 Å². The molecule has 88 valence electrons. The van der Waals surface area contributed by atoms with Gasteiger partial charge in [-0.2, -0.15) is 0 Å². The first-order valence-corrected chi connectivity index (χ1v) is 4.98. The number of carbonyl (C=O) groups excluding carboxylic acids is 1. The molecule has 16 heavy (non-hydrogen) atoms. The molecule has 1 amide bonds. The zero-order valence-electron chi connectivity index (χ0n) is 9.39. The second kappa shape index (κ2) is 8.40. The molecule has 0 bridgehead atoms. The number of amides is 1. The van der Waals surface area contributed by atoms with Crippen LogP contribution in [0.15, 0.2) is 29.4 Å². The molecule has 1 saturated carbocycles. The van der Waals surface area contributed by atoms with E-state index < -0.39 is 0 Å². The molecule has 0 radical (unpaired) electrons. The molecule has 0 aromatic heterocycles. The van der Waals surface area contributed by atoms with E-state index in [1.165, 1.54) is 12.8 Å². The highest BCUT2D eigenvalue weighted by atomic mass is 16.1. The van der Waals surface area contributed by atoms with Crippen LogP contribution in [0, 0.1) is 11.3 Å². The average Bonchev–Trinajstić information content (AvgIpc) is 3.00. The van der Waals surface area contributed by atoms with Gasteiger partial charge in [0.15, 0.2) is 0 Å². The first kappa shape index (κ1) is 14.1. The number of nitrogens with zero attached hydrogens (tertiary/aromatic N) is 1. The number of primary amides is 1. The number of carbonyl (C=O) groups is 1. The summed E-state index contributed by atoms with van der Waals surface area (Å²) in [6.07, 6.45) is 9.89. The minimum atomic E-state index is 0.250. The summed E-state index contributed by atoms with van der Waals surface area (Å²) in [5.41, 5.74) is 10.2. The Bertz CT molecular complexity index is 314. The third-order valence-electron chi connectivity index (χ3n) is 1.71. The molecule has 0 atom stereocenters. The van der Waals surface area contributed by atoms with Crippen molar-refractivity contribution < 1.29 is 4.79 Å². The SMILES string of the molecule is CC(=N)\C=C/C(N)=N\C=C\C1CC1.NC=O. The molecule has 1 aliphatic carbocycles. The van der Waals surface area contributed by atoms with E-state index in [2.05, 4.69) is 16.8 Å². The molecule has 5 N–H and O–H groups in total. The lowest BCUT2D eigenvalue weighted by molar-refractivity contribution is -0.106. The lowest BCUT2D eigenvalue weighted by Gasteiger charge is -1.87. The zero-order chi connectivity index (χ0) is 12.4. The maximum atomic E-state index is 8.58. The first-order chi connectivity index (χ1) is 7.60. The third-order valence-corrected chi connectivity index (χ3v) is 1.71. The smallest absolute Gasteiger partial charge is 0.204 e. The zero-order valence-corrected chi connectivity index (χ0v) is 9.39. The number of allylic oxidation sites excluding steroid dienone is 2. The fraction of sp³-hybridized carbons (Fsp3) is 0.364. The van der Waals surface area contributed by atoms with Crippen molar-refractivity contribution in [2.75, 3.05) is 0 Å². The Morgan fingerprint density at radius 3 is 2.44 bits per heavy atom. The topological polar surface area (TPSA) is 105 Å². The van der Waals surface area contributed by atoms with Crippen LogP contribution in [-0.4, -0.2) is 18.0 Å². The van der Waals surface area contributed by atoms with Gasteiger partial charge < -0.3 is 16.9 Å². The summed E-state index contributed by atoms with van der Waals surface area (Å²) in [6.45, 7) is 1.70. The third kappa shape index (κ3) is 10.2. The van der Waals surface area contributed by atoms with E-state index in [-0.39, 0.29) is 6.41 Å². The highest BCUT2D eigenvalue weighted by Gasteiger charge is 2.16. The van der Waals surface area contributed by atoms with E-state index in [4.69, 9.17) is 15.9 Å². The Hall–Kier alpha value is -1.91. The van der Waals surface area contributed by atoms with Gasteiger partial charge in [-0.15, -0.1) is 0 Å². The minimum absolute atomic E-state index is 0.250. The summed E-state index contributed by atoms with van der Waals surface area (Å²) in [5, 5.41) is 7.13. The molecule has 0 spiro atoms. The summed E-state index contributed by atoms with van der Waals surface area (Å²) in [7, 11) is 0. The van der Waals surface area contributed by atoms with Gasteiger partial charge in [0.1, 0.15) is 5.84 Å². The fourth-order valence-corrected chi connectivity index (χ4v) is 0.793. The number of aliphatic imine (C=N–C) groups is 1. The largest absolute Gasteiger partial charge is 0.384 e. The normalized spacial score (nSPS) is 15.9. The van der Waals surface area contributed by atoms with Crippen LogP contribution in [0.1, 0.15) is 19.8 Å². The fourth-order valence-electron chi connectivity index (χ4n) is 0.793. The summed E-state index contributed by atoms with van der Waals surface area (Å²) in [6, 6.07) is 0. The Kier molecular flexibility index (Phi) is 7.40. The maximum absolute atomic E-state index is 8.58. The highest BCUT2D eigenvalue weighted by molar-refractivity contribution is 5.99. The van der Waals surface area contributed by atoms with Crippen LogP contribution in [0.3, 0.4) is 0 Å². The quantitative estimate of drug-likeness (QED) is 0.374. The molecular formula is C11H18N4O. The number of amidine groups is 1. The van der Waals surface area contributed by atoms with Crippen LogP contribution in [0.4, 0.5) is 0 Å². The second-order valence-electron chi connectivity index (χ2n) is 3.39. The van der Waals surface area contributed by atoms with Gasteiger partial charge in [-0.05, 0) is 37.8 Å². The van der Waals surface area contributed by atoms with Crippen molar-refractivity contribution >= 4 is 18.0 Å². The standard InChI is InChI=1S/C10H15N3.CH3NO/c1-8(11)2-5-10(12)13-7-6-9-3-4-9;2-1-3/h2,5-7,9,11H,3-4H2,1H3,(H2,12,13);1H,(H2,2,3)/b5-2-,7-6+,11-8?;. The van der Waals surface area contributed by atoms with E-state index >= 15 is 0 Å². The van der Waals surface area contributed by atoms with Gasteiger partial charge >= 0.3 is 0 Å². The first-order valence-electron chi connectivity index (χ1n) is 4.98. The molecule has 1 rings (SSSR count). The number of rotatable bonds is 4. The van der Waals surface area contributed by atoms with Crippen molar-refractivity contribution in [3.8, 4) is 0 Å². The lowest BCUT2D eigenvalue weighted by Crippen LogP contribution is -2.07. The van der Waals surface area contributed by atoms with Crippen LogP contribution in [0.2, 0.25) is 0 Å². The summed E-state index contributed by atoms with van der Waals surface area (Å²) >= 11 is 0. The van der Waals surface area contributed by atoms with Crippen molar-refractivity contribution in [3.63, 3.8) is 0 Å². The predicted molar refractivity (Wildman–Crippen MR) is 66.3 cm³/mol. The van der Waals surface area contributed by atoms with Crippen molar-refractivity contribution in [1.29, 1.82) is 5.41 Å². The number of hydrogen-bond acceptors (Lipinski definition) is 3. The Labute approximate surface area is 95.4 Å². The monoisotopic (exact) mass is 222 g/mol. The predicted octanol–water partition coefficient (Wildman–Crippen LogP) is 0.965. The summed E-state index contributed by atoms with van der Waals surface area (Å²) in [4.78, 5) is 12.6. The molecule has 0 unspecified atom stereocenters.